The zero-order valence-electron chi connectivity index (χ0n) is 13.5. The van der Waals surface area contributed by atoms with E-state index < -0.39 is 0 Å². The van der Waals surface area contributed by atoms with Gasteiger partial charge in [-0.3, -0.25) is 4.79 Å². The zero-order valence-corrected chi connectivity index (χ0v) is 13.5. The zero-order chi connectivity index (χ0) is 15.8. The van der Waals surface area contributed by atoms with Crippen LogP contribution in [0.4, 0.5) is 0 Å². The van der Waals surface area contributed by atoms with E-state index in [4.69, 9.17) is 9.47 Å². The highest BCUT2D eigenvalue weighted by atomic mass is 16.5. The quantitative estimate of drug-likeness (QED) is 0.718. The summed E-state index contributed by atoms with van der Waals surface area (Å²) >= 11 is 0. The highest BCUT2D eigenvalue weighted by molar-refractivity contribution is 5.77. The van der Waals surface area contributed by atoms with Crippen molar-refractivity contribution >= 4 is 5.91 Å². The minimum atomic E-state index is 0.0805. The fourth-order valence-corrected chi connectivity index (χ4v) is 2.62. The van der Waals surface area contributed by atoms with Gasteiger partial charge in [-0.25, -0.2) is 0 Å². The Morgan fingerprint density at radius 2 is 1.86 bits per heavy atom. The van der Waals surface area contributed by atoms with Crippen molar-refractivity contribution in [2.45, 2.75) is 18.9 Å². The molecule has 0 radical (unpaired) electrons. The molecule has 0 atom stereocenters. The van der Waals surface area contributed by atoms with Crippen molar-refractivity contribution < 1.29 is 14.3 Å². The molecule has 0 saturated carbocycles. The van der Waals surface area contributed by atoms with Gasteiger partial charge in [0, 0.05) is 19.1 Å². The summed E-state index contributed by atoms with van der Waals surface area (Å²) in [5.41, 5.74) is 0. The molecule has 0 spiro atoms. The van der Waals surface area contributed by atoms with Gasteiger partial charge in [0.25, 0.3) is 0 Å². The molecule has 1 amide bonds. The lowest BCUT2D eigenvalue weighted by molar-refractivity contribution is -0.137. The van der Waals surface area contributed by atoms with Crippen LogP contribution in [0, 0.1) is 0 Å². The molecule has 2 rings (SSSR count). The predicted octanol–water partition coefficient (Wildman–Crippen LogP) is 1.63. The van der Waals surface area contributed by atoms with Crippen LogP contribution in [0.1, 0.15) is 12.8 Å². The number of carbonyl (C=O) groups excluding carboxylic acids is 1. The van der Waals surface area contributed by atoms with Crippen LogP contribution in [0.5, 0.6) is 5.75 Å². The maximum absolute atomic E-state index is 12.1. The van der Waals surface area contributed by atoms with Gasteiger partial charge in [0.2, 0.25) is 5.91 Å². The molecule has 122 valence electrons. The molecule has 1 aromatic carbocycles. The predicted molar refractivity (Wildman–Crippen MR) is 86.0 cm³/mol. The molecule has 0 bridgehead atoms. The topological polar surface area (TPSA) is 42.0 Å². The first kappa shape index (κ1) is 16.8. The normalized spacial score (nSPS) is 16.0. The van der Waals surface area contributed by atoms with Crippen LogP contribution in [-0.4, -0.2) is 68.8 Å². The number of piperidine rings is 1. The van der Waals surface area contributed by atoms with Gasteiger partial charge in [-0.15, -0.1) is 0 Å². The number of benzene rings is 1. The molecule has 1 saturated heterocycles. The summed E-state index contributed by atoms with van der Waals surface area (Å²) in [6.07, 6.45) is 2.08. The highest BCUT2D eigenvalue weighted by Gasteiger charge is 2.23. The van der Waals surface area contributed by atoms with Crippen LogP contribution in [0.25, 0.3) is 0 Å². The second-order valence-corrected chi connectivity index (χ2v) is 5.79. The Balaban J connectivity index is 1.56. The van der Waals surface area contributed by atoms with Gasteiger partial charge in [0.1, 0.15) is 19.0 Å². The molecule has 1 heterocycles. The van der Waals surface area contributed by atoms with Crippen molar-refractivity contribution in [1.82, 2.24) is 9.80 Å². The largest absolute Gasteiger partial charge is 0.491 e. The monoisotopic (exact) mass is 306 g/mol. The Kier molecular flexibility index (Phi) is 6.68. The molecular weight excluding hydrogens is 280 g/mol. The Labute approximate surface area is 132 Å². The number of nitrogens with zero attached hydrogens (tertiary/aromatic N) is 2. The maximum atomic E-state index is 12.1. The second kappa shape index (κ2) is 8.76. The Bertz CT molecular complexity index is 442. The molecule has 0 N–H and O–H groups in total. The van der Waals surface area contributed by atoms with Crippen LogP contribution < -0.4 is 4.74 Å². The molecule has 1 aromatic rings. The summed E-state index contributed by atoms with van der Waals surface area (Å²) in [6, 6.07) is 10.2. The Morgan fingerprint density at radius 1 is 1.18 bits per heavy atom. The first-order valence-electron chi connectivity index (χ1n) is 7.86. The summed E-state index contributed by atoms with van der Waals surface area (Å²) in [5.74, 6) is 0.903. The van der Waals surface area contributed by atoms with E-state index in [9.17, 15) is 4.79 Å². The molecule has 1 fully saturated rings. The van der Waals surface area contributed by atoms with E-state index in [1.807, 2.05) is 35.2 Å². The molecule has 1 aliphatic heterocycles. The van der Waals surface area contributed by atoms with E-state index in [1.54, 1.807) is 0 Å². The lowest BCUT2D eigenvalue weighted by atomic mass is 10.0. The van der Waals surface area contributed by atoms with Crippen LogP contribution in [0.3, 0.4) is 0 Å². The lowest BCUT2D eigenvalue weighted by Gasteiger charge is -2.35. The number of rotatable bonds is 7. The van der Waals surface area contributed by atoms with Gasteiger partial charge in [-0.1, -0.05) is 18.2 Å². The summed E-state index contributed by atoms with van der Waals surface area (Å²) in [7, 11) is 4.19. The van der Waals surface area contributed by atoms with Crippen LogP contribution >= 0.6 is 0 Å². The number of amides is 1. The van der Waals surface area contributed by atoms with E-state index >= 15 is 0 Å². The number of ether oxygens (including phenoxy) is 2. The van der Waals surface area contributed by atoms with Crippen molar-refractivity contribution in [2.75, 3.05) is 47.0 Å². The molecule has 5 heteroatoms. The van der Waals surface area contributed by atoms with Crippen molar-refractivity contribution in [3.63, 3.8) is 0 Å². The van der Waals surface area contributed by atoms with Gasteiger partial charge in [0.05, 0.1) is 6.61 Å². The maximum Gasteiger partial charge on any atom is 0.248 e. The van der Waals surface area contributed by atoms with E-state index in [1.165, 1.54) is 0 Å². The first-order chi connectivity index (χ1) is 10.7. The van der Waals surface area contributed by atoms with Gasteiger partial charge < -0.3 is 19.3 Å². The third kappa shape index (κ3) is 5.31. The Morgan fingerprint density at radius 3 is 2.50 bits per heavy atom. The minimum absolute atomic E-state index is 0.0805. The van der Waals surface area contributed by atoms with Crippen molar-refractivity contribution in [2.24, 2.45) is 0 Å². The Hall–Kier alpha value is -1.59. The third-order valence-electron chi connectivity index (χ3n) is 4.01. The van der Waals surface area contributed by atoms with Gasteiger partial charge in [0.15, 0.2) is 0 Å². The number of carbonyl (C=O) groups is 1. The molecule has 0 aliphatic carbocycles. The van der Waals surface area contributed by atoms with Gasteiger partial charge in [-0.2, -0.15) is 0 Å². The smallest absolute Gasteiger partial charge is 0.248 e. The number of hydrogen-bond donors (Lipinski definition) is 0. The van der Waals surface area contributed by atoms with Crippen molar-refractivity contribution in [3.05, 3.63) is 30.3 Å². The van der Waals surface area contributed by atoms with Crippen molar-refractivity contribution in [1.29, 1.82) is 0 Å². The third-order valence-corrected chi connectivity index (χ3v) is 4.01. The summed E-state index contributed by atoms with van der Waals surface area (Å²) in [6.45, 7) is 2.68. The number of hydrogen-bond acceptors (Lipinski definition) is 4. The van der Waals surface area contributed by atoms with Crippen LogP contribution in [0.2, 0.25) is 0 Å². The van der Waals surface area contributed by atoms with E-state index in [-0.39, 0.29) is 12.5 Å². The number of para-hydroxylation sites is 1. The van der Waals surface area contributed by atoms with Crippen LogP contribution in [0.15, 0.2) is 30.3 Å². The number of likely N-dealkylation sites (tertiary alicyclic amines) is 1. The molecule has 22 heavy (non-hydrogen) atoms. The van der Waals surface area contributed by atoms with Gasteiger partial charge >= 0.3 is 0 Å². The van der Waals surface area contributed by atoms with E-state index in [2.05, 4.69) is 19.0 Å². The summed E-state index contributed by atoms with van der Waals surface area (Å²) in [5, 5.41) is 0. The molecule has 0 unspecified atom stereocenters. The minimum Gasteiger partial charge on any atom is -0.491 e. The summed E-state index contributed by atoms with van der Waals surface area (Å²) in [4.78, 5) is 16.2. The SMILES string of the molecule is CN(C)C1CCN(C(=O)COCCOc2ccccc2)CC1. The lowest BCUT2D eigenvalue weighted by Crippen LogP contribution is -2.45. The van der Waals surface area contributed by atoms with Crippen molar-refractivity contribution in [3.8, 4) is 5.75 Å². The second-order valence-electron chi connectivity index (χ2n) is 5.79. The molecule has 5 nitrogen and oxygen atoms in total. The van der Waals surface area contributed by atoms with E-state index in [0.29, 0.717) is 19.3 Å². The standard InChI is InChI=1S/C17H26N2O3/c1-18(2)15-8-10-19(11-9-15)17(20)14-21-12-13-22-16-6-4-3-5-7-16/h3-7,15H,8-14H2,1-2H3. The average Bonchev–Trinajstić information content (AvgIpc) is 2.55. The van der Waals surface area contributed by atoms with Crippen LogP contribution in [-0.2, 0) is 9.53 Å². The average molecular weight is 306 g/mol. The highest BCUT2D eigenvalue weighted by Crippen LogP contribution is 2.14. The first-order valence-corrected chi connectivity index (χ1v) is 7.86. The fraction of sp³-hybridized carbons (Fsp3) is 0.588. The fourth-order valence-electron chi connectivity index (χ4n) is 2.62. The molecule has 0 aromatic heterocycles. The summed E-state index contributed by atoms with van der Waals surface area (Å²) < 4.78 is 10.9. The van der Waals surface area contributed by atoms with Gasteiger partial charge in [-0.05, 0) is 39.1 Å². The molecular formula is C17H26N2O3. The molecule has 1 aliphatic rings. The van der Waals surface area contributed by atoms with E-state index in [0.717, 1.165) is 31.7 Å².